The van der Waals surface area contributed by atoms with Crippen LogP contribution in [0.3, 0.4) is 0 Å². The summed E-state index contributed by atoms with van der Waals surface area (Å²) in [6.45, 7) is 21.9. The second kappa shape index (κ2) is 32.6. The van der Waals surface area contributed by atoms with Crippen LogP contribution in [0.4, 0.5) is 0 Å². The minimum atomic E-state index is -1.72. The molecule has 406 valence electrons. The zero-order valence-corrected chi connectivity index (χ0v) is 44.7. The number of nitrogens with one attached hydrogen (secondary N) is 7. The Morgan fingerprint density at radius 3 is 1.46 bits per heavy atom. The first-order valence-electron chi connectivity index (χ1n) is 26.0. The zero-order valence-electron chi connectivity index (χ0n) is 44.7. The molecule has 1 rings (SSSR count). The van der Waals surface area contributed by atoms with Crippen molar-refractivity contribution >= 4 is 59.2 Å². The smallest absolute Gasteiger partial charge is 0.329 e. The van der Waals surface area contributed by atoms with E-state index in [1.807, 2.05) is 27.7 Å². The molecule has 1 aliphatic heterocycles. The summed E-state index contributed by atoms with van der Waals surface area (Å²) >= 11 is 0. The van der Waals surface area contributed by atoms with E-state index in [0.717, 1.165) is 32.1 Å². The number of unbranched alkanes of at least 4 members (excludes halogenated alkanes) is 3. The summed E-state index contributed by atoms with van der Waals surface area (Å²) in [7, 11) is 0. The summed E-state index contributed by atoms with van der Waals surface area (Å²) in [6, 6.07) is -9.49. The SMILES string of the molecule is CC[C@H](C)CCCCCC[C@H]1CC(=O)N[C@H](CCC(N)=O)C(=O)N[C@H](CC(C)C)C(=O)N[C@@H](CC(C)C)C(=O)N[C@H](C(C)C)C(=O)N[C@@H](CC(=O)O)C(=O)N[C@H](CC(C)C)C(=O)N[C@@H]([C@H](C)CC)C(=O)O1. The van der Waals surface area contributed by atoms with Crippen LogP contribution in [-0.4, -0.2) is 113 Å². The van der Waals surface area contributed by atoms with Gasteiger partial charge in [0.1, 0.15) is 48.4 Å². The third-order valence-electron chi connectivity index (χ3n) is 12.7. The molecule has 0 saturated carbocycles. The van der Waals surface area contributed by atoms with Gasteiger partial charge in [-0.05, 0) is 74.0 Å². The van der Waals surface area contributed by atoms with E-state index in [2.05, 4.69) is 51.1 Å². The number of cyclic esters (lactones) is 1. The van der Waals surface area contributed by atoms with E-state index in [0.29, 0.717) is 18.8 Å². The van der Waals surface area contributed by atoms with Gasteiger partial charge >= 0.3 is 11.9 Å². The fourth-order valence-electron chi connectivity index (χ4n) is 8.16. The number of aliphatic carboxylic acids is 1. The van der Waals surface area contributed by atoms with Gasteiger partial charge in [-0.3, -0.25) is 43.2 Å². The number of carbonyl (C=O) groups excluding carboxylic acids is 9. The number of primary amides is 1. The number of rotatable bonds is 22. The molecule has 0 radical (unpaired) electrons. The summed E-state index contributed by atoms with van der Waals surface area (Å²) in [5.41, 5.74) is 5.48. The fourth-order valence-corrected chi connectivity index (χ4v) is 8.16. The monoisotopic (exact) mass is 1010 g/mol. The van der Waals surface area contributed by atoms with Crippen LogP contribution in [0.1, 0.15) is 179 Å². The van der Waals surface area contributed by atoms with E-state index in [9.17, 15) is 53.1 Å². The number of amides is 8. The molecular weight excluding hydrogens is 917 g/mol. The minimum Gasteiger partial charge on any atom is -0.481 e. The van der Waals surface area contributed by atoms with Gasteiger partial charge in [-0.1, -0.05) is 122 Å². The molecule has 71 heavy (non-hydrogen) atoms. The van der Waals surface area contributed by atoms with Crippen molar-refractivity contribution in [3.05, 3.63) is 0 Å². The molecule has 0 aliphatic carbocycles. The van der Waals surface area contributed by atoms with Crippen LogP contribution in [0, 0.1) is 35.5 Å². The largest absolute Gasteiger partial charge is 0.481 e. The number of hydrogen-bond donors (Lipinski definition) is 9. The van der Waals surface area contributed by atoms with Crippen molar-refractivity contribution in [2.75, 3.05) is 0 Å². The molecular formula is C51H90N8O12. The number of hydrogen-bond acceptors (Lipinski definition) is 11. The second-order valence-electron chi connectivity index (χ2n) is 21.2. The van der Waals surface area contributed by atoms with Crippen molar-refractivity contribution in [1.82, 2.24) is 37.2 Å². The lowest BCUT2D eigenvalue weighted by molar-refractivity contribution is -0.156. The van der Waals surface area contributed by atoms with Crippen molar-refractivity contribution in [2.45, 2.75) is 228 Å². The highest BCUT2D eigenvalue weighted by molar-refractivity contribution is 5.98. The van der Waals surface area contributed by atoms with Gasteiger partial charge in [0.25, 0.3) is 0 Å². The first kappa shape index (κ1) is 63.7. The Kier molecular flexibility index (Phi) is 29.3. The van der Waals surface area contributed by atoms with Crippen molar-refractivity contribution in [3.8, 4) is 0 Å². The number of carboxylic acid groups (broad SMARTS) is 1. The van der Waals surface area contributed by atoms with Gasteiger partial charge in [0.2, 0.25) is 47.3 Å². The van der Waals surface area contributed by atoms with E-state index in [1.165, 1.54) is 0 Å². The molecule has 0 unspecified atom stereocenters. The number of esters is 1. The second-order valence-corrected chi connectivity index (χ2v) is 21.2. The maximum atomic E-state index is 14.2. The van der Waals surface area contributed by atoms with E-state index in [1.54, 1.807) is 41.5 Å². The Morgan fingerprint density at radius 2 is 1.01 bits per heavy atom. The molecule has 0 aromatic heterocycles. The number of nitrogens with two attached hydrogens (primary N) is 1. The topological polar surface area (TPSA) is 310 Å². The van der Waals surface area contributed by atoms with Crippen LogP contribution in [0.2, 0.25) is 0 Å². The molecule has 0 bridgehead atoms. The van der Waals surface area contributed by atoms with Gasteiger partial charge in [0, 0.05) is 6.42 Å². The maximum absolute atomic E-state index is 14.2. The van der Waals surface area contributed by atoms with E-state index < -0.39 is 132 Å². The standard InChI is InChI=1S/C51H90N8O12/c1-13-32(11)19-17-15-16-18-20-34-26-41(61)53-35(21-22-40(52)60)45(64)54-36(23-28(3)4)46(65)55-37(24-29(5)6)48(67)58-43(31(9)10)50(69)57-39(27-42(62)63)47(66)56-38(25-30(7)8)49(68)59-44(33(12)14-2)51(70)71-34/h28-39,43-44H,13-27H2,1-12H3,(H2,52,60)(H,53,61)(H,54,64)(H,55,65)(H,56,66)(H,57,69)(H,58,67)(H,59,68)(H,62,63)/t32-,33+,34-,35+,36+,37-,38+,39-,43+,44-/m0/s1. The maximum Gasteiger partial charge on any atom is 0.329 e. The molecule has 20 heteroatoms. The average molecular weight is 1010 g/mol. The minimum absolute atomic E-state index is 0.0452. The van der Waals surface area contributed by atoms with Crippen molar-refractivity contribution in [2.24, 2.45) is 41.2 Å². The van der Waals surface area contributed by atoms with Gasteiger partial charge in [0.15, 0.2) is 0 Å². The van der Waals surface area contributed by atoms with Crippen LogP contribution in [0.25, 0.3) is 0 Å². The quantitative estimate of drug-likeness (QED) is 0.0555. The van der Waals surface area contributed by atoms with Crippen LogP contribution in [0.15, 0.2) is 0 Å². The average Bonchev–Trinajstić information content (AvgIpc) is 3.26. The van der Waals surface area contributed by atoms with Gasteiger partial charge < -0.3 is 52.8 Å². The number of carbonyl (C=O) groups is 10. The predicted octanol–water partition coefficient (Wildman–Crippen LogP) is 3.66. The number of carboxylic acids is 1. The van der Waals surface area contributed by atoms with E-state index in [4.69, 9.17) is 10.5 Å². The van der Waals surface area contributed by atoms with Crippen molar-refractivity contribution < 1.29 is 57.8 Å². The zero-order chi connectivity index (χ0) is 54.1. The van der Waals surface area contributed by atoms with Gasteiger partial charge in [-0.25, -0.2) is 4.79 Å². The Balaban J connectivity index is 4.02. The van der Waals surface area contributed by atoms with Crippen molar-refractivity contribution in [3.63, 3.8) is 0 Å². The summed E-state index contributed by atoms with van der Waals surface area (Å²) in [4.78, 5) is 137. The normalized spacial score (nSPS) is 25.1. The highest BCUT2D eigenvalue weighted by atomic mass is 16.5. The van der Waals surface area contributed by atoms with Gasteiger partial charge in [0.05, 0.1) is 12.8 Å². The molecule has 0 spiro atoms. The molecule has 1 fully saturated rings. The van der Waals surface area contributed by atoms with Crippen LogP contribution >= 0.6 is 0 Å². The summed E-state index contributed by atoms with van der Waals surface area (Å²) < 4.78 is 6.06. The fraction of sp³-hybridized carbons (Fsp3) is 0.804. The molecule has 1 heterocycles. The Bertz CT molecular complexity index is 1770. The van der Waals surface area contributed by atoms with Crippen LogP contribution in [0.5, 0.6) is 0 Å². The summed E-state index contributed by atoms with van der Waals surface area (Å²) in [5, 5.41) is 28.4. The molecule has 8 amide bonds. The van der Waals surface area contributed by atoms with Crippen LogP contribution in [-0.2, 0) is 52.7 Å². The van der Waals surface area contributed by atoms with Gasteiger partial charge in [-0.2, -0.15) is 0 Å². The third-order valence-corrected chi connectivity index (χ3v) is 12.7. The molecule has 1 aliphatic rings. The lowest BCUT2D eigenvalue weighted by Gasteiger charge is -2.30. The number of ether oxygens (including phenoxy) is 1. The first-order chi connectivity index (χ1) is 33.2. The molecule has 10 N–H and O–H groups in total. The van der Waals surface area contributed by atoms with Crippen molar-refractivity contribution in [1.29, 1.82) is 0 Å². The molecule has 20 nitrogen and oxygen atoms in total. The lowest BCUT2D eigenvalue weighted by atomic mass is 9.96. The van der Waals surface area contributed by atoms with E-state index >= 15 is 0 Å². The molecule has 0 aromatic rings. The molecule has 1 saturated heterocycles. The summed E-state index contributed by atoms with van der Waals surface area (Å²) in [5.74, 6) is -9.84. The summed E-state index contributed by atoms with van der Waals surface area (Å²) in [6.07, 6.45) is 3.40. The third kappa shape index (κ3) is 25.1. The highest BCUT2D eigenvalue weighted by Crippen LogP contribution is 2.20. The predicted molar refractivity (Wildman–Crippen MR) is 269 cm³/mol. The Labute approximate surface area is 422 Å². The molecule has 0 aromatic carbocycles. The van der Waals surface area contributed by atoms with Gasteiger partial charge in [-0.15, -0.1) is 0 Å². The Hall–Kier alpha value is -5.30. The first-order valence-corrected chi connectivity index (χ1v) is 26.0. The lowest BCUT2D eigenvalue weighted by Crippen LogP contribution is -2.61. The van der Waals surface area contributed by atoms with Crippen LogP contribution < -0.4 is 43.0 Å². The van der Waals surface area contributed by atoms with E-state index in [-0.39, 0.29) is 56.3 Å². The Morgan fingerprint density at radius 1 is 0.563 bits per heavy atom. The molecule has 10 atom stereocenters. The highest BCUT2D eigenvalue weighted by Gasteiger charge is 2.38.